The summed E-state index contributed by atoms with van der Waals surface area (Å²) in [5, 5.41) is 64.1. The lowest BCUT2D eigenvalue weighted by atomic mass is 9.91. The van der Waals surface area contributed by atoms with E-state index in [4.69, 9.17) is 10.5 Å². The van der Waals surface area contributed by atoms with Gasteiger partial charge in [0.05, 0.1) is 25.5 Å². The van der Waals surface area contributed by atoms with Crippen molar-refractivity contribution < 1.29 is 73.7 Å². The van der Waals surface area contributed by atoms with Crippen LogP contribution >= 0.6 is 12.6 Å². The van der Waals surface area contributed by atoms with E-state index in [2.05, 4.69) is 43.3 Å². The Kier molecular flexibility index (Phi) is 18.3. The smallest absolute Gasteiger partial charge is 0.328 e. The number of carbonyl (C=O) groups excluding carboxylic acids is 2. The number of hydrogen-bond acceptors (Lipinski definition) is 19. The van der Waals surface area contributed by atoms with E-state index in [1.807, 2.05) is 0 Å². The molecule has 3 rings (SSSR count). The number of carboxylic acid groups (broad SMARTS) is 6. The number of nitrogens with two attached hydrogens (primary N) is 1. The molecular weight excluding hydrogens is 836 g/mol. The molecule has 5 atom stereocenters. The molecule has 1 aliphatic rings. The lowest BCUT2D eigenvalue weighted by molar-refractivity contribution is -0.267. The van der Waals surface area contributed by atoms with Gasteiger partial charge in [0.1, 0.15) is 24.2 Å². The molecule has 0 bridgehead atoms. The number of aromatic nitrogens is 4. The molecule has 2 aromatic rings. The maximum absolute atomic E-state index is 14.9. The quantitative estimate of drug-likeness (QED) is 0.0296. The number of amides is 1. The highest BCUT2D eigenvalue weighted by Gasteiger charge is 2.49. The number of thiol groups is 1. The van der Waals surface area contributed by atoms with Crippen LogP contribution < -0.4 is 22.0 Å². The second-order valence-corrected chi connectivity index (χ2v) is 13.9. The van der Waals surface area contributed by atoms with E-state index in [0.29, 0.717) is 26.6 Å². The van der Waals surface area contributed by atoms with Crippen molar-refractivity contribution in [2.75, 3.05) is 18.6 Å². The van der Waals surface area contributed by atoms with E-state index < -0.39 is 128 Å². The first-order valence-corrected chi connectivity index (χ1v) is 19.1. The van der Waals surface area contributed by atoms with Crippen molar-refractivity contribution >= 4 is 77.4 Å². The van der Waals surface area contributed by atoms with Crippen LogP contribution in [0.1, 0.15) is 69.9 Å². The minimum absolute atomic E-state index is 0.0147. The van der Waals surface area contributed by atoms with Gasteiger partial charge in [-0.3, -0.25) is 43.3 Å². The molecular formula is C34H46N10O16S. The second-order valence-electron chi connectivity index (χ2n) is 13.5. The number of ether oxygens (including phenoxy) is 1. The maximum Gasteiger partial charge on any atom is 0.328 e. The molecule has 2 aromatic heterocycles. The molecule has 27 heteroatoms. The topological polar surface area (TPSA) is 398 Å². The fraction of sp³-hybridized carbons (Fsp3) is 0.529. The number of carboxylic acids is 6. The van der Waals surface area contributed by atoms with Crippen LogP contribution in [0.2, 0.25) is 0 Å². The normalized spacial score (nSPS) is 15.9. The molecule has 61 heavy (non-hydrogen) atoms. The van der Waals surface area contributed by atoms with Gasteiger partial charge in [-0.25, -0.2) is 25.2 Å². The van der Waals surface area contributed by atoms with Gasteiger partial charge in [0.25, 0.3) is 5.56 Å². The largest absolute Gasteiger partial charge is 0.481 e. The SMILES string of the molecule is COC(=O)[C@H](CCC(=O)O)N(N(N[C@@H](CCC(=O)O)C(=O)O)[C@@H](CCC(=O)O)C(=O)O)N(C(=O)C1CC=C(NCc2cnc3nc(N)[nH]c(=O)c3n2)CC1)[C@@H](CCS)C(=O)O. The van der Waals surface area contributed by atoms with Crippen molar-refractivity contribution in [3.05, 3.63) is 34.0 Å². The Balaban J connectivity index is 2.21. The zero-order chi connectivity index (χ0) is 45.6. The number of aromatic amines is 1. The van der Waals surface area contributed by atoms with Gasteiger partial charge in [-0.1, -0.05) is 6.08 Å². The minimum Gasteiger partial charge on any atom is -0.481 e. The Morgan fingerprint density at radius 3 is 2.02 bits per heavy atom. The molecule has 1 unspecified atom stereocenters. The summed E-state index contributed by atoms with van der Waals surface area (Å²) in [6, 6.07) is -8.42. The standard InChI is InChI=1S/C34H46N10O16S/c1-60-33(59)22(8-11-25(49)50)44(43(21(32(57)58)7-10-24(47)48)41-19(30(53)54)6-9-23(45)46)42(20(12-13-61)31(55)56)29(52)16-2-4-17(5-3-16)36-14-18-15-37-27-26(38-18)28(51)40-34(35)39-27/h4,15-16,19-22,36,41,61H,2-3,5-14H2,1H3,(H,45,46)(H,47,48)(H,49,50)(H,53,54)(H,55,56)(H,57,58)(H3,35,37,39,40,51)/t16?,19-,20-,21-,22-/m0/s1. The van der Waals surface area contributed by atoms with Gasteiger partial charge in [-0.2, -0.15) is 17.6 Å². The van der Waals surface area contributed by atoms with E-state index in [1.54, 1.807) is 6.08 Å². The van der Waals surface area contributed by atoms with Crippen LogP contribution in [-0.2, 0) is 49.6 Å². The third-order valence-electron chi connectivity index (χ3n) is 9.22. The molecule has 0 spiro atoms. The summed E-state index contributed by atoms with van der Waals surface area (Å²) in [5.41, 5.74) is 8.07. The average Bonchev–Trinajstić information content (AvgIpc) is 3.19. The van der Waals surface area contributed by atoms with E-state index >= 15 is 0 Å². The van der Waals surface area contributed by atoms with E-state index in [0.717, 1.165) is 7.11 Å². The first-order chi connectivity index (χ1) is 28.8. The van der Waals surface area contributed by atoms with Crippen molar-refractivity contribution in [1.29, 1.82) is 0 Å². The molecule has 0 saturated carbocycles. The van der Waals surface area contributed by atoms with Crippen molar-refractivity contribution in [2.24, 2.45) is 5.92 Å². The molecule has 26 nitrogen and oxygen atoms in total. The van der Waals surface area contributed by atoms with Crippen LogP contribution in [0.3, 0.4) is 0 Å². The van der Waals surface area contributed by atoms with E-state index in [9.17, 15) is 73.8 Å². The Labute approximate surface area is 350 Å². The molecule has 334 valence electrons. The van der Waals surface area contributed by atoms with Crippen molar-refractivity contribution in [1.82, 2.24) is 45.9 Å². The Bertz CT molecular complexity index is 2070. The van der Waals surface area contributed by atoms with E-state index in [1.165, 1.54) is 6.20 Å². The van der Waals surface area contributed by atoms with Crippen LogP contribution in [0.4, 0.5) is 5.95 Å². The van der Waals surface area contributed by atoms with Gasteiger partial charge in [0.15, 0.2) is 11.2 Å². The third kappa shape index (κ3) is 13.8. The molecule has 11 N–H and O–H groups in total. The summed E-state index contributed by atoms with van der Waals surface area (Å²) in [7, 11) is 0.849. The molecule has 0 radical (unpaired) electrons. The summed E-state index contributed by atoms with van der Waals surface area (Å²) in [6.45, 7) is 0.0463. The molecule has 0 fully saturated rings. The highest BCUT2D eigenvalue weighted by Crippen LogP contribution is 2.30. The number of anilines is 1. The first kappa shape index (κ1) is 48.9. The number of nitrogens with zero attached hydrogens (tertiary/aromatic N) is 6. The number of esters is 1. The predicted octanol–water partition coefficient (Wildman–Crippen LogP) is -1.35. The van der Waals surface area contributed by atoms with Gasteiger partial charge >= 0.3 is 41.8 Å². The van der Waals surface area contributed by atoms with Crippen LogP contribution in [0.25, 0.3) is 11.2 Å². The molecule has 2 heterocycles. The highest BCUT2D eigenvalue weighted by atomic mass is 32.1. The Morgan fingerprint density at radius 1 is 0.885 bits per heavy atom. The minimum atomic E-state index is -2.25. The summed E-state index contributed by atoms with van der Waals surface area (Å²) in [6.07, 6.45) is -2.66. The lowest BCUT2D eigenvalue weighted by Gasteiger charge is -2.50. The summed E-state index contributed by atoms with van der Waals surface area (Å²) in [4.78, 5) is 129. The van der Waals surface area contributed by atoms with Gasteiger partial charge in [0, 0.05) is 30.9 Å². The van der Waals surface area contributed by atoms with Gasteiger partial charge in [0.2, 0.25) is 11.9 Å². The number of nitrogen functional groups attached to an aromatic ring is 1. The summed E-state index contributed by atoms with van der Waals surface area (Å²) in [5.74, 6) is -13.9. The maximum atomic E-state index is 14.9. The van der Waals surface area contributed by atoms with Gasteiger partial charge in [-0.15, -0.1) is 10.2 Å². The van der Waals surface area contributed by atoms with Crippen LogP contribution in [0, 0.1) is 5.92 Å². The number of hydrogen-bond donors (Lipinski definition) is 11. The number of methoxy groups -OCH3 is 1. The third-order valence-corrected chi connectivity index (χ3v) is 9.48. The zero-order valence-electron chi connectivity index (χ0n) is 32.5. The Morgan fingerprint density at radius 2 is 1.49 bits per heavy atom. The predicted molar refractivity (Wildman–Crippen MR) is 207 cm³/mol. The first-order valence-electron chi connectivity index (χ1n) is 18.4. The van der Waals surface area contributed by atoms with E-state index in [-0.39, 0.29) is 48.7 Å². The molecule has 1 aliphatic carbocycles. The monoisotopic (exact) mass is 882 g/mol. The number of hydrazine groups is 3. The molecule has 0 aliphatic heterocycles. The summed E-state index contributed by atoms with van der Waals surface area (Å²) < 4.78 is 4.91. The number of H-pyrrole nitrogens is 1. The van der Waals surface area contributed by atoms with Gasteiger partial charge < -0.3 is 46.4 Å². The number of rotatable bonds is 26. The number of fused-ring (bicyclic) bond motifs is 1. The van der Waals surface area contributed by atoms with Crippen LogP contribution in [-0.4, -0.2) is 151 Å². The Hall–Kier alpha value is -6.45. The van der Waals surface area contributed by atoms with Crippen molar-refractivity contribution in [3.8, 4) is 0 Å². The second kappa shape index (κ2) is 22.8. The number of carbonyl (C=O) groups is 8. The molecule has 0 saturated heterocycles. The summed E-state index contributed by atoms with van der Waals surface area (Å²) >= 11 is 4.13. The highest BCUT2D eigenvalue weighted by molar-refractivity contribution is 7.80. The number of allylic oxidation sites excluding steroid dienone is 2. The molecule has 1 amide bonds. The van der Waals surface area contributed by atoms with Crippen molar-refractivity contribution in [2.45, 2.75) is 94.9 Å². The fourth-order valence-electron chi connectivity index (χ4n) is 6.24. The van der Waals surface area contributed by atoms with Crippen LogP contribution in [0.15, 0.2) is 22.8 Å². The average molecular weight is 883 g/mol. The number of nitrogens with one attached hydrogen (secondary N) is 3. The van der Waals surface area contributed by atoms with Crippen molar-refractivity contribution in [3.63, 3.8) is 0 Å². The fourth-order valence-corrected chi connectivity index (χ4v) is 6.48. The molecule has 0 aromatic carbocycles. The zero-order valence-corrected chi connectivity index (χ0v) is 33.4. The van der Waals surface area contributed by atoms with Crippen LogP contribution in [0.5, 0.6) is 0 Å². The number of aliphatic carboxylic acids is 6. The lowest BCUT2D eigenvalue weighted by Crippen LogP contribution is -2.73. The van der Waals surface area contributed by atoms with Gasteiger partial charge in [-0.05, 0) is 50.7 Å².